The Bertz CT molecular complexity index is 1290. The van der Waals surface area contributed by atoms with E-state index in [2.05, 4.69) is 13.2 Å². The Morgan fingerprint density at radius 1 is 0.636 bits per heavy atom. The molecule has 0 atom stereocenters. The molecule has 3 aromatic rings. The standard InChI is InChI=1S/C26H19F3O4/c1-14(2)25(30)32-23-9-6-17(12-21(23)28)16-5-8-19(20(27)11-16)18-7-10-24(22(29)13-18)33-26(31)15(3)4/h5-13H,1,3H2,2,4H3. The van der Waals surface area contributed by atoms with Crippen LogP contribution in [0.5, 0.6) is 11.5 Å². The number of ether oxygens (including phenoxy) is 2. The lowest BCUT2D eigenvalue weighted by Crippen LogP contribution is -2.09. The van der Waals surface area contributed by atoms with Crippen molar-refractivity contribution in [2.45, 2.75) is 13.8 Å². The van der Waals surface area contributed by atoms with Gasteiger partial charge in [-0.3, -0.25) is 0 Å². The first-order valence-corrected chi connectivity index (χ1v) is 9.71. The summed E-state index contributed by atoms with van der Waals surface area (Å²) in [5.41, 5.74) is 1.26. The number of esters is 2. The summed E-state index contributed by atoms with van der Waals surface area (Å²) in [6.45, 7) is 9.72. The maximum Gasteiger partial charge on any atom is 0.338 e. The van der Waals surface area contributed by atoms with Crippen molar-refractivity contribution in [3.8, 4) is 33.8 Å². The van der Waals surface area contributed by atoms with Gasteiger partial charge in [0.05, 0.1) is 0 Å². The lowest BCUT2D eigenvalue weighted by atomic mass is 9.99. The van der Waals surface area contributed by atoms with Gasteiger partial charge in [-0.2, -0.15) is 0 Å². The van der Waals surface area contributed by atoms with E-state index in [9.17, 15) is 22.8 Å². The molecule has 0 bridgehead atoms. The predicted octanol–water partition coefficient (Wildman–Crippen LogP) is 6.40. The SMILES string of the molecule is C=C(C)C(=O)Oc1ccc(-c2ccc(-c3ccc(OC(=O)C(=C)C)c(F)c3)c(F)c2)cc1F. The average molecular weight is 452 g/mol. The van der Waals surface area contributed by atoms with Gasteiger partial charge in [0.1, 0.15) is 5.82 Å². The molecule has 0 fully saturated rings. The summed E-state index contributed by atoms with van der Waals surface area (Å²) in [5, 5.41) is 0. The van der Waals surface area contributed by atoms with Gasteiger partial charge in [0.2, 0.25) is 0 Å². The van der Waals surface area contributed by atoms with Gasteiger partial charge in [0.25, 0.3) is 0 Å². The Balaban J connectivity index is 1.86. The molecule has 7 heteroatoms. The van der Waals surface area contributed by atoms with Crippen molar-refractivity contribution in [2.24, 2.45) is 0 Å². The number of hydrogen-bond acceptors (Lipinski definition) is 4. The van der Waals surface area contributed by atoms with Crippen LogP contribution in [-0.2, 0) is 9.59 Å². The van der Waals surface area contributed by atoms with E-state index in [-0.39, 0.29) is 33.8 Å². The third kappa shape index (κ3) is 5.38. The van der Waals surface area contributed by atoms with E-state index in [0.29, 0.717) is 11.1 Å². The topological polar surface area (TPSA) is 52.6 Å². The minimum Gasteiger partial charge on any atom is -0.420 e. The van der Waals surface area contributed by atoms with Crippen LogP contribution in [0.2, 0.25) is 0 Å². The molecule has 0 unspecified atom stereocenters. The Labute approximate surface area is 188 Å². The normalized spacial score (nSPS) is 10.5. The molecule has 0 N–H and O–H groups in total. The molecule has 0 saturated heterocycles. The molecule has 0 aromatic heterocycles. The fourth-order valence-electron chi connectivity index (χ4n) is 2.82. The lowest BCUT2D eigenvalue weighted by Gasteiger charge is -2.10. The van der Waals surface area contributed by atoms with Crippen molar-refractivity contribution >= 4 is 11.9 Å². The fourth-order valence-corrected chi connectivity index (χ4v) is 2.82. The third-order valence-electron chi connectivity index (χ3n) is 4.58. The minimum absolute atomic E-state index is 0.0999. The number of hydrogen-bond donors (Lipinski definition) is 0. The Kier molecular flexibility index (Phi) is 6.82. The zero-order chi connectivity index (χ0) is 24.3. The monoisotopic (exact) mass is 452 g/mol. The quantitative estimate of drug-likeness (QED) is 0.247. The molecule has 4 nitrogen and oxygen atoms in total. The predicted molar refractivity (Wildman–Crippen MR) is 118 cm³/mol. The molecule has 0 amide bonds. The van der Waals surface area contributed by atoms with E-state index >= 15 is 0 Å². The summed E-state index contributed by atoms with van der Waals surface area (Å²) in [5.74, 6) is -4.41. The second-order valence-corrected chi connectivity index (χ2v) is 7.32. The summed E-state index contributed by atoms with van der Waals surface area (Å²) in [6.07, 6.45) is 0. The van der Waals surface area contributed by atoms with Crippen molar-refractivity contribution in [1.29, 1.82) is 0 Å². The highest BCUT2D eigenvalue weighted by Crippen LogP contribution is 2.32. The molecule has 0 spiro atoms. The lowest BCUT2D eigenvalue weighted by molar-refractivity contribution is -0.131. The van der Waals surface area contributed by atoms with E-state index in [1.807, 2.05) is 0 Å². The number of carbonyl (C=O) groups excluding carboxylic acids is 2. The molecular weight excluding hydrogens is 433 g/mol. The first kappa shape index (κ1) is 23.5. The van der Waals surface area contributed by atoms with Crippen molar-refractivity contribution in [2.75, 3.05) is 0 Å². The number of halogens is 3. The largest absolute Gasteiger partial charge is 0.420 e. The van der Waals surface area contributed by atoms with Crippen LogP contribution in [0, 0.1) is 17.5 Å². The van der Waals surface area contributed by atoms with Gasteiger partial charge in [-0.1, -0.05) is 37.4 Å². The summed E-state index contributed by atoms with van der Waals surface area (Å²) in [4.78, 5) is 23.1. The summed E-state index contributed by atoms with van der Waals surface area (Å²) < 4.78 is 53.3. The van der Waals surface area contributed by atoms with Crippen LogP contribution < -0.4 is 9.47 Å². The molecule has 3 rings (SSSR count). The van der Waals surface area contributed by atoms with Gasteiger partial charge in [0, 0.05) is 16.7 Å². The Hall–Kier alpha value is -4.13. The second-order valence-electron chi connectivity index (χ2n) is 7.32. The highest BCUT2D eigenvalue weighted by molar-refractivity contribution is 5.89. The average Bonchev–Trinajstić information content (AvgIpc) is 2.76. The Morgan fingerprint density at radius 2 is 1.03 bits per heavy atom. The molecule has 0 heterocycles. The zero-order valence-corrected chi connectivity index (χ0v) is 17.9. The summed E-state index contributed by atoms with van der Waals surface area (Å²) >= 11 is 0. The highest BCUT2D eigenvalue weighted by Gasteiger charge is 2.15. The molecule has 33 heavy (non-hydrogen) atoms. The number of carbonyl (C=O) groups is 2. The summed E-state index contributed by atoms with van der Waals surface area (Å²) in [6, 6.07) is 11.7. The fraction of sp³-hybridized carbons (Fsp3) is 0.0769. The molecule has 0 aliphatic rings. The maximum absolute atomic E-state index is 14.8. The maximum atomic E-state index is 14.8. The van der Waals surface area contributed by atoms with Crippen molar-refractivity contribution < 1.29 is 32.2 Å². The second kappa shape index (κ2) is 9.56. The zero-order valence-electron chi connectivity index (χ0n) is 17.9. The molecule has 0 aliphatic heterocycles. The number of rotatable bonds is 6. The highest BCUT2D eigenvalue weighted by atomic mass is 19.1. The molecular formula is C26H19F3O4. The van der Waals surface area contributed by atoms with E-state index in [4.69, 9.17) is 9.47 Å². The van der Waals surface area contributed by atoms with E-state index in [0.717, 1.165) is 12.1 Å². The smallest absolute Gasteiger partial charge is 0.338 e. The van der Waals surface area contributed by atoms with Crippen LogP contribution in [0.3, 0.4) is 0 Å². The summed E-state index contributed by atoms with van der Waals surface area (Å²) in [7, 11) is 0. The van der Waals surface area contributed by atoms with Crippen LogP contribution >= 0.6 is 0 Å². The van der Waals surface area contributed by atoms with Crippen LogP contribution in [0.1, 0.15) is 13.8 Å². The van der Waals surface area contributed by atoms with Crippen molar-refractivity contribution in [3.63, 3.8) is 0 Å². The van der Waals surface area contributed by atoms with Crippen molar-refractivity contribution in [3.05, 3.63) is 96.4 Å². The molecule has 0 aliphatic carbocycles. The van der Waals surface area contributed by atoms with Crippen LogP contribution in [0.15, 0.2) is 78.9 Å². The molecule has 168 valence electrons. The van der Waals surface area contributed by atoms with Crippen LogP contribution in [0.4, 0.5) is 13.2 Å². The van der Waals surface area contributed by atoms with Gasteiger partial charge < -0.3 is 9.47 Å². The molecule has 0 saturated carbocycles. The van der Waals surface area contributed by atoms with Crippen LogP contribution in [0.25, 0.3) is 22.3 Å². The molecule has 0 radical (unpaired) electrons. The van der Waals surface area contributed by atoms with Gasteiger partial charge in [-0.25, -0.2) is 22.8 Å². The van der Waals surface area contributed by atoms with Crippen LogP contribution in [-0.4, -0.2) is 11.9 Å². The van der Waals surface area contributed by atoms with Gasteiger partial charge in [0.15, 0.2) is 23.1 Å². The minimum atomic E-state index is -0.840. The number of benzene rings is 3. The first-order chi connectivity index (χ1) is 15.6. The third-order valence-corrected chi connectivity index (χ3v) is 4.58. The van der Waals surface area contributed by atoms with Gasteiger partial charge in [-0.05, 0) is 60.9 Å². The first-order valence-electron chi connectivity index (χ1n) is 9.71. The van der Waals surface area contributed by atoms with Gasteiger partial charge >= 0.3 is 11.9 Å². The Morgan fingerprint density at radius 3 is 1.45 bits per heavy atom. The van der Waals surface area contributed by atoms with Gasteiger partial charge in [-0.15, -0.1) is 0 Å². The van der Waals surface area contributed by atoms with Crippen molar-refractivity contribution in [1.82, 2.24) is 0 Å². The van der Waals surface area contributed by atoms with E-state index in [1.165, 1.54) is 50.2 Å². The molecule has 3 aromatic carbocycles. The van der Waals surface area contributed by atoms with E-state index < -0.39 is 29.4 Å². The van der Waals surface area contributed by atoms with E-state index in [1.54, 1.807) is 6.07 Å².